The lowest BCUT2D eigenvalue weighted by molar-refractivity contribution is 0.0594. The van der Waals surface area contributed by atoms with Crippen molar-refractivity contribution in [1.29, 1.82) is 0 Å². The van der Waals surface area contributed by atoms with Crippen molar-refractivity contribution in [3.05, 3.63) is 35.2 Å². The zero-order valence-electron chi connectivity index (χ0n) is 14.3. The van der Waals surface area contributed by atoms with E-state index in [-0.39, 0.29) is 0 Å². The second kappa shape index (κ2) is 6.60. The van der Waals surface area contributed by atoms with Crippen molar-refractivity contribution in [3.8, 4) is 0 Å². The minimum absolute atomic E-state index is 0.313. The first-order chi connectivity index (χ1) is 12.6. The summed E-state index contributed by atoms with van der Waals surface area (Å²) in [6.07, 6.45) is 3.92. The van der Waals surface area contributed by atoms with Gasteiger partial charge in [0, 0.05) is 31.2 Å². The summed E-state index contributed by atoms with van der Waals surface area (Å²) < 4.78 is 4.70. The van der Waals surface area contributed by atoms with Gasteiger partial charge in [0.25, 0.3) is 0 Å². The lowest BCUT2D eigenvalue weighted by Gasteiger charge is -2.43. The van der Waals surface area contributed by atoms with Crippen LogP contribution < -0.4 is 15.5 Å². The van der Waals surface area contributed by atoms with E-state index in [9.17, 15) is 4.79 Å². The number of nitrogens with zero attached hydrogens (tertiary/aromatic N) is 5. The Kier molecular flexibility index (Phi) is 4.28. The SMILES string of the molecule is COC(=O)c1ccc(N2[C@@H]3CC[C@H]2CN(c2cc(Cl)nnc2N)C3)cn1. The Hall–Kier alpha value is -2.61. The summed E-state index contributed by atoms with van der Waals surface area (Å²) in [5.41, 5.74) is 8.16. The fourth-order valence-electron chi connectivity index (χ4n) is 3.91. The Morgan fingerprint density at radius 3 is 2.62 bits per heavy atom. The molecule has 2 aromatic rings. The largest absolute Gasteiger partial charge is 0.464 e. The molecule has 8 nitrogen and oxygen atoms in total. The first-order valence-electron chi connectivity index (χ1n) is 8.43. The molecule has 2 aromatic heterocycles. The molecule has 0 aromatic carbocycles. The predicted molar refractivity (Wildman–Crippen MR) is 98.5 cm³/mol. The third-order valence-electron chi connectivity index (χ3n) is 5.03. The highest BCUT2D eigenvalue weighted by Gasteiger charge is 2.40. The molecule has 2 bridgehead atoms. The van der Waals surface area contributed by atoms with Gasteiger partial charge in [-0.05, 0) is 25.0 Å². The highest BCUT2D eigenvalue weighted by atomic mass is 35.5. The summed E-state index contributed by atoms with van der Waals surface area (Å²) in [4.78, 5) is 20.4. The van der Waals surface area contributed by atoms with Crippen LogP contribution in [0.3, 0.4) is 0 Å². The number of esters is 1. The number of hydrogen-bond donors (Lipinski definition) is 1. The number of methoxy groups -OCH3 is 1. The van der Waals surface area contributed by atoms with Crippen LogP contribution in [0.5, 0.6) is 0 Å². The lowest BCUT2D eigenvalue weighted by atomic mass is 10.1. The molecule has 0 amide bonds. The molecule has 0 radical (unpaired) electrons. The Balaban J connectivity index is 1.55. The highest BCUT2D eigenvalue weighted by Crippen LogP contribution is 2.37. The van der Waals surface area contributed by atoms with E-state index in [0.29, 0.717) is 28.7 Å². The van der Waals surface area contributed by atoms with Gasteiger partial charge in [-0.15, -0.1) is 10.2 Å². The van der Waals surface area contributed by atoms with Crippen LogP contribution in [0.4, 0.5) is 17.2 Å². The second-order valence-electron chi connectivity index (χ2n) is 6.53. The molecule has 26 heavy (non-hydrogen) atoms. The summed E-state index contributed by atoms with van der Waals surface area (Å²) >= 11 is 5.99. The number of aromatic nitrogens is 3. The molecule has 4 heterocycles. The van der Waals surface area contributed by atoms with Crippen LogP contribution in [0, 0.1) is 0 Å². The van der Waals surface area contributed by atoms with E-state index in [1.54, 1.807) is 18.3 Å². The van der Waals surface area contributed by atoms with Gasteiger partial charge < -0.3 is 20.3 Å². The molecule has 0 saturated carbocycles. The van der Waals surface area contributed by atoms with Crippen molar-refractivity contribution in [2.75, 3.05) is 35.7 Å². The molecule has 2 saturated heterocycles. The fourth-order valence-corrected chi connectivity index (χ4v) is 4.05. The van der Waals surface area contributed by atoms with Crippen molar-refractivity contribution in [2.45, 2.75) is 24.9 Å². The van der Waals surface area contributed by atoms with E-state index in [1.165, 1.54) is 7.11 Å². The molecule has 9 heteroatoms. The zero-order chi connectivity index (χ0) is 18.3. The van der Waals surface area contributed by atoms with Gasteiger partial charge in [0.1, 0.15) is 5.69 Å². The maximum atomic E-state index is 11.6. The average Bonchev–Trinajstić information content (AvgIpc) is 2.92. The third-order valence-corrected chi connectivity index (χ3v) is 5.22. The number of piperazine rings is 1. The number of nitrogens with two attached hydrogens (primary N) is 1. The molecule has 0 unspecified atom stereocenters. The molecular formula is C17H19ClN6O2. The Labute approximate surface area is 155 Å². The molecule has 0 spiro atoms. The van der Waals surface area contributed by atoms with Gasteiger partial charge in [0.2, 0.25) is 0 Å². The molecule has 0 aliphatic carbocycles. The number of halogens is 1. The minimum atomic E-state index is -0.429. The lowest BCUT2D eigenvalue weighted by Crippen LogP contribution is -2.54. The summed E-state index contributed by atoms with van der Waals surface area (Å²) in [6, 6.07) is 6.08. The first kappa shape index (κ1) is 16.8. The highest BCUT2D eigenvalue weighted by molar-refractivity contribution is 6.29. The molecule has 2 atom stereocenters. The van der Waals surface area contributed by atoms with Crippen LogP contribution >= 0.6 is 11.6 Å². The molecular weight excluding hydrogens is 356 g/mol. The normalized spacial score (nSPS) is 21.8. The summed E-state index contributed by atoms with van der Waals surface area (Å²) in [7, 11) is 1.35. The number of fused-ring (bicyclic) bond motifs is 2. The van der Waals surface area contributed by atoms with Gasteiger partial charge in [-0.3, -0.25) is 0 Å². The van der Waals surface area contributed by atoms with Crippen LogP contribution in [0.15, 0.2) is 24.4 Å². The molecule has 2 aliphatic rings. The van der Waals surface area contributed by atoms with Crippen LogP contribution in [0.25, 0.3) is 0 Å². The molecule has 2 aliphatic heterocycles. The third kappa shape index (κ3) is 2.90. The molecule has 2 N–H and O–H groups in total. The monoisotopic (exact) mass is 374 g/mol. The van der Waals surface area contributed by atoms with Crippen LogP contribution in [-0.4, -0.2) is 53.4 Å². The van der Waals surface area contributed by atoms with Gasteiger partial charge >= 0.3 is 5.97 Å². The van der Waals surface area contributed by atoms with Crippen molar-refractivity contribution in [3.63, 3.8) is 0 Å². The molecule has 2 fully saturated rings. The van der Waals surface area contributed by atoms with Crippen molar-refractivity contribution in [1.82, 2.24) is 15.2 Å². The van der Waals surface area contributed by atoms with E-state index in [4.69, 9.17) is 22.1 Å². The second-order valence-corrected chi connectivity index (χ2v) is 6.92. The van der Waals surface area contributed by atoms with E-state index in [1.807, 2.05) is 6.07 Å². The smallest absolute Gasteiger partial charge is 0.356 e. The predicted octanol–water partition coefficient (Wildman–Crippen LogP) is 1.75. The van der Waals surface area contributed by atoms with Crippen LogP contribution in [0.1, 0.15) is 23.3 Å². The topological polar surface area (TPSA) is 97.5 Å². The van der Waals surface area contributed by atoms with E-state index >= 15 is 0 Å². The summed E-state index contributed by atoms with van der Waals surface area (Å²) in [5.74, 6) is -0.0340. The van der Waals surface area contributed by atoms with Crippen LogP contribution in [0.2, 0.25) is 5.15 Å². The maximum absolute atomic E-state index is 11.6. The van der Waals surface area contributed by atoms with Gasteiger partial charge in [-0.1, -0.05) is 11.6 Å². The zero-order valence-corrected chi connectivity index (χ0v) is 15.1. The number of rotatable bonds is 3. The number of anilines is 3. The standard InChI is InChI=1S/C17H19ClN6O2/c1-26-17(25)13-5-4-10(7-20-13)24-11-2-3-12(24)9-23(8-11)14-6-15(18)21-22-16(14)19/h4-7,11-12H,2-3,8-9H2,1H3,(H2,19,22)/t11-,12+. The summed E-state index contributed by atoms with van der Waals surface area (Å²) in [6.45, 7) is 1.64. The molecule has 4 rings (SSSR count). The van der Waals surface area contributed by atoms with E-state index < -0.39 is 5.97 Å². The van der Waals surface area contributed by atoms with Gasteiger partial charge in [0.15, 0.2) is 11.0 Å². The number of carbonyl (C=O) groups is 1. The number of ether oxygens (including phenoxy) is 1. The maximum Gasteiger partial charge on any atom is 0.356 e. The van der Waals surface area contributed by atoms with Crippen LogP contribution in [-0.2, 0) is 4.74 Å². The van der Waals surface area contributed by atoms with Gasteiger partial charge in [-0.25, -0.2) is 9.78 Å². The van der Waals surface area contributed by atoms with E-state index in [2.05, 4.69) is 25.0 Å². The Morgan fingerprint density at radius 1 is 1.27 bits per heavy atom. The van der Waals surface area contributed by atoms with Crippen molar-refractivity contribution >= 4 is 34.8 Å². The first-order valence-corrected chi connectivity index (χ1v) is 8.81. The van der Waals surface area contributed by atoms with Crippen molar-refractivity contribution in [2.24, 2.45) is 0 Å². The van der Waals surface area contributed by atoms with Crippen molar-refractivity contribution < 1.29 is 9.53 Å². The Morgan fingerprint density at radius 2 is 2.00 bits per heavy atom. The van der Waals surface area contributed by atoms with E-state index in [0.717, 1.165) is 37.3 Å². The quantitative estimate of drug-likeness (QED) is 0.811. The number of nitrogen functional groups attached to an aromatic ring is 1. The number of hydrogen-bond acceptors (Lipinski definition) is 8. The fraction of sp³-hybridized carbons (Fsp3) is 0.412. The number of carbonyl (C=O) groups excluding carboxylic acids is 1. The van der Waals surface area contributed by atoms with Gasteiger partial charge in [0.05, 0.1) is 24.7 Å². The van der Waals surface area contributed by atoms with Gasteiger partial charge in [-0.2, -0.15) is 0 Å². The number of pyridine rings is 1. The molecule has 136 valence electrons. The summed E-state index contributed by atoms with van der Waals surface area (Å²) in [5, 5.41) is 8.05. The minimum Gasteiger partial charge on any atom is -0.464 e. The average molecular weight is 375 g/mol. The Bertz CT molecular complexity index is 817.